The summed E-state index contributed by atoms with van der Waals surface area (Å²) in [6, 6.07) is 1.67. The molecule has 17 heavy (non-hydrogen) atoms. The molecule has 0 aliphatic carbocycles. The van der Waals surface area contributed by atoms with Crippen molar-refractivity contribution in [1.29, 1.82) is 0 Å². The zero-order valence-corrected chi connectivity index (χ0v) is 10.5. The molecule has 1 amide bonds. The summed E-state index contributed by atoms with van der Waals surface area (Å²) in [7, 11) is 0. The molecule has 0 aromatic carbocycles. The highest BCUT2D eigenvalue weighted by molar-refractivity contribution is 5.98. The summed E-state index contributed by atoms with van der Waals surface area (Å²) in [6.45, 7) is 5.69. The van der Waals surface area contributed by atoms with E-state index in [0.29, 0.717) is 5.56 Å². The maximum Gasteiger partial charge on any atom is 0.252 e. The van der Waals surface area contributed by atoms with Gasteiger partial charge < -0.3 is 5.32 Å². The third-order valence-electron chi connectivity index (χ3n) is 2.60. The van der Waals surface area contributed by atoms with E-state index >= 15 is 0 Å². The third-order valence-corrected chi connectivity index (χ3v) is 2.60. The molecule has 4 nitrogen and oxygen atoms in total. The van der Waals surface area contributed by atoms with Crippen molar-refractivity contribution in [2.24, 2.45) is 5.92 Å². The fraction of sp³-hybridized carbons (Fsp3) is 0.462. The maximum absolute atomic E-state index is 11.9. The lowest BCUT2D eigenvalue weighted by atomic mass is 10.1. The fourth-order valence-electron chi connectivity index (χ4n) is 1.40. The summed E-state index contributed by atoms with van der Waals surface area (Å²) in [5.74, 6) is -0.234. The Morgan fingerprint density at radius 1 is 1.41 bits per heavy atom. The van der Waals surface area contributed by atoms with Gasteiger partial charge in [0.2, 0.25) is 0 Å². The first-order valence-corrected chi connectivity index (χ1v) is 5.80. The Kier molecular flexibility index (Phi) is 4.82. The van der Waals surface area contributed by atoms with Gasteiger partial charge in [-0.3, -0.25) is 14.6 Å². The normalized spacial score (nSPS) is 10.4. The minimum Gasteiger partial charge on any atom is -0.345 e. The van der Waals surface area contributed by atoms with Gasteiger partial charge in [0.15, 0.2) is 5.78 Å². The van der Waals surface area contributed by atoms with Gasteiger partial charge in [-0.1, -0.05) is 20.8 Å². The van der Waals surface area contributed by atoms with E-state index in [1.165, 1.54) is 0 Å². The second kappa shape index (κ2) is 6.13. The van der Waals surface area contributed by atoms with Crippen LogP contribution in [0.15, 0.2) is 18.5 Å². The number of pyridine rings is 1. The molecule has 1 aromatic heterocycles. The first-order valence-electron chi connectivity index (χ1n) is 5.80. The number of hydrogen-bond acceptors (Lipinski definition) is 3. The highest BCUT2D eigenvalue weighted by Crippen LogP contribution is 2.07. The van der Waals surface area contributed by atoms with Gasteiger partial charge in [0.05, 0.1) is 6.54 Å². The quantitative estimate of drug-likeness (QED) is 0.841. The summed E-state index contributed by atoms with van der Waals surface area (Å²) in [5, 5.41) is 2.64. The van der Waals surface area contributed by atoms with Gasteiger partial charge in [0.25, 0.3) is 5.91 Å². The summed E-state index contributed by atoms with van der Waals surface area (Å²) in [5.41, 5.74) is 1.49. The molecule has 0 saturated carbocycles. The highest BCUT2D eigenvalue weighted by Gasteiger charge is 2.12. The van der Waals surface area contributed by atoms with Crippen molar-refractivity contribution >= 4 is 11.7 Å². The van der Waals surface area contributed by atoms with E-state index < -0.39 is 0 Å². The van der Waals surface area contributed by atoms with Crippen LogP contribution in [-0.4, -0.2) is 23.2 Å². The second-order valence-electron chi connectivity index (χ2n) is 4.19. The van der Waals surface area contributed by atoms with E-state index in [2.05, 4.69) is 10.3 Å². The predicted molar refractivity (Wildman–Crippen MR) is 65.8 cm³/mol. The number of aryl methyl sites for hydroxylation is 1. The molecule has 92 valence electrons. The summed E-state index contributed by atoms with van der Waals surface area (Å²) in [4.78, 5) is 27.2. The lowest BCUT2D eigenvalue weighted by Crippen LogP contribution is -2.32. The molecule has 0 saturated heterocycles. The first-order chi connectivity index (χ1) is 8.06. The number of amides is 1. The summed E-state index contributed by atoms with van der Waals surface area (Å²) < 4.78 is 0. The molecule has 0 aliphatic heterocycles. The van der Waals surface area contributed by atoms with Crippen LogP contribution < -0.4 is 5.32 Å². The molecule has 0 radical (unpaired) electrons. The van der Waals surface area contributed by atoms with Crippen molar-refractivity contribution in [3.8, 4) is 0 Å². The number of hydrogen-bond donors (Lipinski definition) is 1. The lowest BCUT2D eigenvalue weighted by molar-refractivity contribution is -0.120. The monoisotopic (exact) mass is 234 g/mol. The van der Waals surface area contributed by atoms with Crippen molar-refractivity contribution < 1.29 is 9.59 Å². The largest absolute Gasteiger partial charge is 0.345 e. The molecule has 1 N–H and O–H groups in total. The van der Waals surface area contributed by atoms with E-state index in [-0.39, 0.29) is 24.2 Å². The SMILES string of the molecule is CCc1cnccc1C(=O)NCC(=O)C(C)C. The van der Waals surface area contributed by atoms with Gasteiger partial charge in [-0.15, -0.1) is 0 Å². The van der Waals surface area contributed by atoms with Crippen LogP contribution in [-0.2, 0) is 11.2 Å². The lowest BCUT2D eigenvalue weighted by Gasteiger charge is -2.09. The number of carbonyl (C=O) groups is 2. The van der Waals surface area contributed by atoms with Crippen LogP contribution in [0.5, 0.6) is 0 Å². The van der Waals surface area contributed by atoms with Crippen molar-refractivity contribution in [3.63, 3.8) is 0 Å². The van der Waals surface area contributed by atoms with Crippen molar-refractivity contribution in [1.82, 2.24) is 10.3 Å². The van der Waals surface area contributed by atoms with Gasteiger partial charge in [-0.05, 0) is 18.1 Å². The van der Waals surface area contributed by atoms with Crippen molar-refractivity contribution in [3.05, 3.63) is 29.6 Å². The second-order valence-corrected chi connectivity index (χ2v) is 4.19. The van der Waals surface area contributed by atoms with Crippen LogP contribution in [0.4, 0.5) is 0 Å². The first kappa shape index (κ1) is 13.4. The smallest absolute Gasteiger partial charge is 0.252 e. The van der Waals surface area contributed by atoms with Crippen molar-refractivity contribution in [2.45, 2.75) is 27.2 Å². The van der Waals surface area contributed by atoms with Crippen LogP contribution in [0.25, 0.3) is 0 Å². The van der Waals surface area contributed by atoms with Crippen LogP contribution >= 0.6 is 0 Å². The Morgan fingerprint density at radius 3 is 2.71 bits per heavy atom. The molecule has 0 unspecified atom stereocenters. The van der Waals surface area contributed by atoms with Crippen LogP contribution in [0, 0.1) is 5.92 Å². The third kappa shape index (κ3) is 3.66. The molecular formula is C13H18N2O2. The topological polar surface area (TPSA) is 59.1 Å². The number of rotatable bonds is 5. The van der Waals surface area contributed by atoms with Gasteiger partial charge in [0, 0.05) is 23.9 Å². The van der Waals surface area contributed by atoms with E-state index in [0.717, 1.165) is 12.0 Å². The molecule has 1 rings (SSSR count). The molecule has 1 aromatic rings. The van der Waals surface area contributed by atoms with Gasteiger partial charge >= 0.3 is 0 Å². The Bertz CT molecular complexity index is 414. The minimum atomic E-state index is -0.210. The molecule has 4 heteroatoms. The zero-order valence-electron chi connectivity index (χ0n) is 10.5. The number of nitrogens with zero attached hydrogens (tertiary/aromatic N) is 1. The van der Waals surface area contributed by atoms with Crippen molar-refractivity contribution in [2.75, 3.05) is 6.54 Å². The number of ketones is 1. The van der Waals surface area contributed by atoms with E-state index in [4.69, 9.17) is 0 Å². The molecule has 0 spiro atoms. The van der Waals surface area contributed by atoms with Crippen LogP contribution in [0.1, 0.15) is 36.7 Å². The number of nitrogens with one attached hydrogen (secondary N) is 1. The molecule has 1 heterocycles. The Balaban J connectivity index is 2.67. The van der Waals surface area contributed by atoms with Crippen LogP contribution in [0.2, 0.25) is 0 Å². The molecular weight excluding hydrogens is 216 g/mol. The van der Waals surface area contributed by atoms with Gasteiger partial charge in [-0.2, -0.15) is 0 Å². The Labute approximate surface area is 101 Å². The number of aromatic nitrogens is 1. The molecule has 0 atom stereocenters. The summed E-state index contributed by atoms with van der Waals surface area (Å²) >= 11 is 0. The molecule has 0 fully saturated rings. The standard InChI is InChI=1S/C13H18N2O2/c1-4-10-7-14-6-5-11(10)13(17)15-8-12(16)9(2)3/h5-7,9H,4,8H2,1-3H3,(H,15,17). The molecule has 0 bridgehead atoms. The Hall–Kier alpha value is -1.71. The highest BCUT2D eigenvalue weighted by atomic mass is 16.2. The summed E-state index contributed by atoms with van der Waals surface area (Å²) in [6.07, 6.45) is 4.01. The average Bonchev–Trinajstić information content (AvgIpc) is 2.35. The zero-order chi connectivity index (χ0) is 12.8. The van der Waals surface area contributed by atoms with E-state index in [1.54, 1.807) is 18.5 Å². The Morgan fingerprint density at radius 2 is 2.12 bits per heavy atom. The fourth-order valence-corrected chi connectivity index (χ4v) is 1.40. The number of Topliss-reactive ketones (excluding diaryl/α,β-unsaturated/α-hetero) is 1. The number of carbonyl (C=O) groups excluding carboxylic acids is 2. The minimum absolute atomic E-state index is 0.0328. The van der Waals surface area contributed by atoms with Gasteiger partial charge in [0.1, 0.15) is 0 Å². The maximum atomic E-state index is 11.9. The molecule has 0 aliphatic rings. The van der Waals surface area contributed by atoms with Gasteiger partial charge in [-0.25, -0.2) is 0 Å². The van der Waals surface area contributed by atoms with E-state index in [9.17, 15) is 9.59 Å². The predicted octanol–water partition coefficient (Wildman–Crippen LogP) is 1.60. The average molecular weight is 234 g/mol. The van der Waals surface area contributed by atoms with E-state index in [1.807, 2.05) is 20.8 Å². The van der Waals surface area contributed by atoms with Crippen LogP contribution in [0.3, 0.4) is 0 Å².